The fourth-order valence-corrected chi connectivity index (χ4v) is 1.80. The quantitative estimate of drug-likeness (QED) is 0.768. The van der Waals surface area contributed by atoms with E-state index in [4.69, 9.17) is 28.5 Å². The van der Waals surface area contributed by atoms with E-state index in [0.29, 0.717) is 5.39 Å². The van der Waals surface area contributed by atoms with Crippen LogP contribution in [0.1, 0.15) is 5.56 Å². The minimum atomic E-state index is -0.234. The molecule has 5 heteroatoms. The van der Waals surface area contributed by atoms with Crippen LogP contribution in [0.4, 0.5) is 0 Å². The second-order valence-corrected chi connectivity index (χ2v) is 3.62. The van der Waals surface area contributed by atoms with Crippen molar-refractivity contribution in [2.24, 2.45) is 0 Å². The maximum absolute atomic E-state index is 9.73. The number of pyridine rings is 1. The van der Waals surface area contributed by atoms with E-state index in [-0.39, 0.29) is 26.9 Å². The molecule has 0 unspecified atom stereocenters. The molecule has 0 spiro atoms. The van der Waals surface area contributed by atoms with E-state index >= 15 is 0 Å². The van der Waals surface area contributed by atoms with Crippen LogP contribution in [-0.4, -0.2) is 10.1 Å². The summed E-state index contributed by atoms with van der Waals surface area (Å²) in [4.78, 5) is 3.95. The Balaban J connectivity index is 3.04. The summed E-state index contributed by atoms with van der Waals surface area (Å²) in [5.74, 6) is -0.234. The molecule has 1 aromatic carbocycles. The number of benzene rings is 1. The maximum atomic E-state index is 9.73. The van der Waals surface area contributed by atoms with Crippen molar-refractivity contribution < 1.29 is 5.11 Å². The van der Waals surface area contributed by atoms with Gasteiger partial charge in [0.05, 0.1) is 10.0 Å². The third kappa shape index (κ3) is 1.39. The number of phenolic OH excluding ortho intramolecular Hbond substituents is 1. The number of aromatic nitrogens is 1. The molecule has 1 heterocycles. The first kappa shape index (κ1) is 10.0. The van der Waals surface area contributed by atoms with Gasteiger partial charge in [-0.1, -0.05) is 23.2 Å². The van der Waals surface area contributed by atoms with Gasteiger partial charge in [0.25, 0.3) is 0 Å². The lowest BCUT2D eigenvalue weighted by Crippen LogP contribution is -1.87. The lowest BCUT2D eigenvalue weighted by atomic mass is 10.1. The Morgan fingerprint density at radius 2 is 2.07 bits per heavy atom. The van der Waals surface area contributed by atoms with Crippen molar-refractivity contribution in [1.82, 2.24) is 4.98 Å². The van der Waals surface area contributed by atoms with Crippen molar-refractivity contribution in [3.8, 4) is 11.8 Å². The molecule has 15 heavy (non-hydrogen) atoms. The number of hydrogen-bond acceptors (Lipinski definition) is 3. The highest BCUT2D eigenvalue weighted by atomic mass is 35.5. The van der Waals surface area contributed by atoms with E-state index in [1.54, 1.807) is 18.2 Å². The molecule has 1 aromatic heterocycles. The monoisotopic (exact) mass is 238 g/mol. The summed E-state index contributed by atoms with van der Waals surface area (Å²) < 4.78 is 0. The maximum Gasteiger partial charge on any atom is 0.161 e. The summed E-state index contributed by atoms with van der Waals surface area (Å²) >= 11 is 11.8. The summed E-state index contributed by atoms with van der Waals surface area (Å²) in [5.41, 5.74) is 0.233. The SMILES string of the molecule is N#Cc1c(Cl)c(Cl)c2cccnc2c1O. The van der Waals surface area contributed by atoms with Crippen LogP contribution in [0, 0.1) is 11.3 Å². The molecule has 2 rings (SSSR count). The van der Waals surface area contributed by atoms with Crippen molar-refractivity contribution in [1.29, 1.82) is 5.26 Å². The molecule has 0 aliphatic heterocycles. The Bertz CT molecular complexity index is 590. The van der Waals surface area contributed by atoms with Crippen LogP contribution in [0.25, 0.3) is 10.9 Å². The highest BCUT2D eigenvalue weighted by Crippen LogP contribution is 2.39. The third-order valence-corrected chi connectivity index (χ3v) is 2.90. The standard InChI is InChI=1S/C10H4Cl2N2O/c11-7-5-2-1-3-14-9(5)10(15)6(4-13)8(7)12/h1-3,15H. The van der Waals surface area contributed by atoms with E-state index in [0.717, 1.165) is 0 Å². The first-order valence-corrected chi connectivity index (χ1v) is 4.77. The number of nitriles is 1. The zero-order chi connectivity index (χ0) is 11.0. The predicted octanol–water partition coefficient (Wildman–Crippen LogP) is 3.12. The van der Waals surface area contributed by atoms with Crippen molar-refractivity contribution in [2.75, 3.05) is 0 Å². The van der Waals surface area contributed by atoms with Crippen LogP contribution < -0.4 is 0 Å². The number of halogens is 2. The van der Waals surface area contributed by atoms with Gasteiger partial charge in [-0.2, -0.15) is 5.26 Å². The van der Waals surface area contributed by atoms with Gasteiger partial charge in [0.2, 0.25) is 0 Å². The highest BCUT2D eigenvalue weighted by Gasteiger charge is 2.16. The van der Waals surface area contributed by atoms with E-state index in [9.17, 15) is 5.11 Å². The number of fused-ring (bicyclic) bond motifs is 1. The van der Waals surface area contributed by atoms with Gasteiger partial charge in [0.1, 0.15) is 17.1 Å². The van der Waals surface area contributed by atoms with Crippen LogP contribution in [0.15, 0.2) is 18.3 Å². The molecule has 2 aromatic rings. The molecular weight excluding hydrogens is 235 g/mol. The summed E-state index contributed by atoms with van der Waals surface area (Å²) in [6, 6.07) is 5.14. The predicted molar refractivity (Wildman–Crippen MR) is 58.1 cm³/mol. The van der Waals surface area contributed by atoms with Gasteiger partial charge in [-0.25, -0.2) is 0 Å². The zero-order valence-electron chi connectivity index (χ0n) is 7.33. The van der Waals surface area contributed by atoms with Crippen LogP contribution in [0.2, 0.25) is 10.0 Å². The lowest BCUT2D eigenvalue weighted by molar-refractivity contribution is 0.478. The Kier molecular flexibility index (Phi) is 2.39. The van der Waals surface area contributed by atoms with E-state index in [2.05, 4.69) is 4.98 Å². The van der Waals surface area contributed by atoms with Crippen LogP contribution >= 0.6 is 23.2 Å². The second kappa shape index (κ2) is 3.58. The fourth-order valence-electron chi connectivity index (χ4n) is 1.32. The first-order chi connectivity index (χ1) is 7.16. The number of phenols is 1. The molecule has 74 valence electrons. The summed E-state index contributed by atoms with van der Waals surface area (Å²) in [6.45, 7) is 0. The van der Waals surface area contributed by atoms with Gasteiger partial charge in [0, 0.05) is 11.6 Å². The summed E-state index contributed by atoms with van der Waals surface area (Å²) in [5, 5.41) is 19.3. The minimum Gasteiger partial charge on any atom is -0.504 e. The molecule has 0 saturated heterocycles. The molecule has 0 amide bonds. The smallest absolute Gasteiger partial charge is 0.161 e. The molecule has 0 aliphatic rings. The van der Waals surface area contributed by atoms with Crippen molar-refractivity contribution in [3.63, 3.8) is 0 Å². The Morgan fingerprint density at radius 3 is 2.73 bits per heavy atom. The molecule has 0 bridgehead atoms. The van der Waals surface area contributed by atoms with Gasteiger partial charge >= 0.3 is 0 Å². The van der Waals surface area contributed by atoms with Crippen molar-refractivity contribution in [3.05, 3.63) is 33.9 Å². The zero-order valence-corrected chi connectivity index (χ0v) is 8.84. The normalized spacial score (nSPS) is 10.2. The Labute approximate surface area is 95.5 Å². The molecule has 3 nitrogen and oxygen atoms in total. The molecule has 0 fully saturated rings. The molecule has 0 saturated carbocycles. The van der Waals surface area contributed by atoms with Gasteiger partial charge in [-0.15, -0.1) is 0 Å². The van der Waals surface area contributed by atoms with E-state index < -0.39 is 0 Å². The number of rotatable bonds is 0. The number of hydrogen-bond donors (Lipinski definition) is 1. The van der Waals surface area contributed by atoms with Crippen LogP contribution in [-0.2, 0) is 0 Å². The Hall–Kier alpha value is -1.50. The van der Waals surface area contributed by atoms with Gasteiger partial charge < -0.3 is 5.11 Å². The first-order valence-electron chi connectivity index (χ1n) is 4.01. The average molecular weight is 239 g/mol. The third-order valence-electron chi connectivity index (χ3n) is 2.03. The fraction of sp³-hybridized carbons (Fsp3) is 0. The molecular formula is C10H4Cl2N2O. The molecule has 0 aliphatic carbocycles. The van der Waals surface area contributed by atoms with E-state index in [1.807, 2.05) is 0 Å². The lowest BCUT2D eigenvalue weighted by Gasteiger charge is -2.06. The molecule has 0 atom stereocenters. The van der Waals surface area contributed by atoms with Crippen molar-refractivity contribution in [2.45, 2.75) is 0 Å². The average Bonchev–Trinajstić information content (AvgIpc) is 2.27. The van der Waals surface area contributed by atoms with Crippen LogP contribution in [0.5, 0.6) is 5.75 Å². The second-order valence-electron chi connectivity index (χ2n) is 2.86. The largest absolute Gasteiger partial charge is 0.504 e. The van der Waals surface area contributed by atoms with Gasteiger partial charge in [-0.3, -0.25) is 4.98 Å². The number of aromatic hydroxyl groups is 1. The minimum absolute atomic E-state index is 0.0483. The topological polar surface area (TPSA) is 56.9 Å². The van der Waals surface area contributed by atoms with Crippen LogP contribution in [0.3, 0.4) is 0 Å². The highest BCUT2D eigenvalue weighted by molar-refractivity contribution is 6.46. The summed E-state index contributed by atoms with van der Waals surface area (Å²) in [7, 11) is 0. The van der Waals surface area contributed by atoms with E-state index in [1.165, 1.54) is 6.20 Å². The molecule has 1 N–H and O–H groups in total. The number of nitrogens with zero attached hydrogens (tertiary/aromatic N) is 2. The Morgan fingerprint density at radius 1 is 1.33 bits per heavy atom. The summed E-state index contributed by atoms with van der Waals surface area (Å²) in [6.07, 6.45) is 1.51. The van der Waals surface area contributed by atoms with Gasteiger partial charge in [0.15, 0.2) is 5.75 Å². The van der Waals surface area contributed by atoms with Gasteiger partial charge in [-0.05, 0) is 12.1 Å². The molecule has 0 radical (unpaired) electrons. The van der Waals surface area contributed by atoms with Crippen molar-refractivity contribution >= 4 is 34.1 Å².